The summed E-state index contributed by atoms with van der Waals surface area (Å²) in [5.41, 5.74) is 0.522. The van der Waals surface area contributed by atoms with Gasteiger partial charge >= 0.3 is 0 Å². The van der Waals surface area contributed by atoms with Crippen LogP contribution in [0.1, 0.15) is 34.7 Å². The van der Waals surface area contributed by atoms with Crippen LogP contribution in [0.2, 0.25) is 0 Å². The summed E-state index contributed by atoms with van der Waals surface area (Å²) in [5.74, 6) is 1.00. The highest BCUT2D eigenvalue weighted by atomic mass is 16.3. The normalized spacial score (nSPS) is 14.4. The van der Waals surface area contributed by atoms with Crippen LogP contribution in [-0.4, -0.2) is 36.3 Å². The van der Waals surface area contributed by atoms with E-state index in [2.05, 4.69) is 5.32 Å². The van der Waals surface area contributed by atoms with Gasteiger partial charge in [0, 0.05) is 13.1 Å². The van der Waals surface area contributed by atoms with Gasteiger partial charge in [-0.2, -0.15) is 0 Å². The highest BCUT2D eigenvalue weighted by molar-refractivity contribution is 5.97. The Labute approximate surface area is 106 Å². The molecule has 0 unspecified atom stereocenters. The molecule has 2 amide bonds. The van der Waals surface area contributed by atoms with Gasteiger partial charge in [-0.15, -0.1) is 0 Å². The first-order valence-corrected chi connectivity index (χ1v) is 6.09. The third-order valence-electron chi connectivity index (χ3n) is 2.94. The van der Waals surface area contributed by atoms with Gasteiger partial charge in [0.05, 0.1) is 12.1 Å². The summed E-state index contributed by atoms with van der Waals surface area (Å²) in [4.78, 5) is 25.1. The fourth-order valence-electron chi connectivity index (χ4n) is 1.84. The number of hydrogen-bond donors (Lipinski definition) is 1. The maximum atomic E-state index is 12.1. The van der Waals surface area contributed by atoms with Crippen molar-refractivity contribution in [2.45, 2.75) is 32.7 Å². The van der Waals surface area contributed by atoms with Crippen LogP contribution in [0.25, 0.3) is 0 Å². The highest BCUT2D eigenvalue weighted by Gasteiger charge is 2.25. The molecule has 2 rings (SSSR count). The minimum Gasteiger partial charge on any atom is -0.466 e. The van der Waals surface area contributed by atoms with Crippen LogP contribution < -0.4 is 5.32 Å². The molecule has 1 aromatic heterocycles. The smallest absolute Gasteiger partial charge is 0.257 e. The van der Waals surface area contributed by atoms with Crippen molar-refractivity contribution in [2.75, 3.05) is 13.6 Å². The molecule has 0 aliphatic heterocycles. The summed E-state index contributed by atoms with van der Waals surface area (Å²) >= 11 is 0. The third-order valence-corrected chi connectivity index (χ3v) is 2.94. The van der Waals surface area contributed by atoms with E-state index in [4.69, 9.17) is 4.42 Å². The third kappa shape index (κ3) is 2.91. The predicted molar refractivity (Wildman–Crippen MR) is 66.3 cm³/mol. The van der Waals surface area contributed by atoms with Crippen LogP contribution in [0.15, 0.2) is 10.5 Å². The van der Waals surface area contributed by atoms with E-state index in [1.54, 1.807) is 27.0 Å². The van der Waals surface area contributed by atoms with Crippen LogP contribution in [0, 0.1) is 13.8 Å². The monoisotopic (exact) mass is 250 g/mol. The molecule has 0 saturated heterocycles. The van der Waals surface area contributed by atoms with Crippen LogP contribution >= 0.6 is 0 Å². The number of amides is 2. The van der Waals surface area contributed by atoms with E-state index in [9.17, 15) is 9.59 Å². The summed E-state index contributed by atoms with van der Waals surface area (Å²) in [6.07, 6.45) is 2.09. The Kier molecular flexibility index (Phi) is 3.41. The van der Waals surface area contributed by atoms with Crippen LogP contribution in [0.3, 0.4) is 0 Å². The first-order chi connectivity index (χ1) is 8.47. The molecule has 1 N–H and O–H groups in total. The molecule has 18 heavy (non-hydrogen) atoms. The van der Waals surface area contributed by atoms with Crippen molar-refractivity contribution in [3.8, 4) is 0 Å². The van der Waals surface area contributed by atoms with Gasteiger partial charge in [0.1, 0.15) is 11.5 Å². The van der Waals surface area contributed by atoms with Gasteiger partial charge in [-0.05, 0) is 32.8 Å². The van der Waals surface area contributed by atoms with Crippen molar-refractivity contribution >= 4 is 11.8 Å². The summed E-state index contributed by atoms with van der Waals surface area (Å²) in [7, 11) is 1.62. The maximum Gasteiger partial charge on any atom is 0.257 e. The Balaban J connectivity index is 1.95. The number of nitrogens with one attached hydrogen (secondary N) is 1. The number of nitrogens with zero attached hydrogens (tertiary/aromatic N) is 1. The predicted octanol–water partition coefficient (Wildman–Crippen LogP) is 1.25. The van der Waals surface area contributed by atoms with Gasteiger partial charge in [-0.3, -0.25) is 9.59 Å². The van der Waals surface area contributed by atoms with Gasteiger partial charge in [-0.25, -0.2) is 0 Å². The van der Waals surface area contributed by atoms with Gasteiger partial charge in [-0.1, -0.05) is 0 Å². The molecule has 1 aromatic rings. The van der Waals surface area contributed by atoms with E-state index in [1.165, 1.54) is 4.90 Å². The molecular formula is C13H18N2O3. The number of furan rings is 1. The van der Waals surface area contributed by atoms with Crippen molar-refractivity contribution in [2.24, 2.45) is 0 Å². The number of carbonyl (C=O) groups is 2. The van der Waals surface area contributed by atoms with Crippen LogP contribution in [-0.2, 0) is 4.79 Å². The Morgan fingerprint density at radius 3 is 2.61 bits per heavy atom. The average molecular weight is 250 g/mol. The van der Waals surface area contributed by atoms with E-state index >= 15 is 0 Å². The van der Waals surface area contributed by atoms with Crippen molar-refractivity contribution in [3.63, 3.8) is 0 Å². The fraction of sp³-hybridized carbons (Fsp3) is 0.538. The van der Waals surface area contributed by atoms with E-state index in [0.717, 1.165) is 12.8 Å². The van der Waals surface area contributed by atoms with Crippen molar-refractivity contribution in [1.82, 2.24) is 10.2 Å². The molecular weight excluding hydrogens is 232 g/mol. The number of carbonyl (C=O) groups excluding carboxylic acids is 2. The second kappa shape index (κ2) is 4.84. The molecule has 0 bridgehead atoms. The Bertz CT molecular complexity index is 475. The largest absolute Gasteiger partial charge is 0.466 e. The van der Waals surface area contributed by atoms with Gasteiger partial charge in [0.2, 0.25) is 5.91 Å². The SMILES string of the molecule is Cc1cc(C(=O)N(C)CC(=O)NC2CC2)c(C)o1. The molecule has 1 heterocycles. The number of aryl methyl sites for hydroxylation is 2. The second-order valence-electron chi connectivity index (χ2n) is 4.83. The first kappa shape index (κ1) is 12.7. The summed E-state index contributed by atoms with van der Waals surface area (Å²) in [5, 5.41) is 2.85. The second-order valence-corrected chi connectivity index (χ2v) is 4.83. The molecule has 0 aromatic carbocycles. The van der Waals surface area contributed by atoms with Crippen LogP contribution in [0.5, 0.6) is 0 Å². The fourth-order valence-corrected chi connectivity index (χ4v) is 1.84. The van der Waals surface area contributed by atoms with E-state index in [0.29, 0.717) is 23.1 Å². The number of likely N-dealkylation sites (N-methyl/N-ethyl adjacent to an activating group) is 1. The number of rotatable bonds is 4. The van der Waals surface area contributed by atoms with Crippen molar-refractivity contribution < 1.29 is 14.0 Å². The van der Waals surface area contributed by atoms with Gasteiger partial charge < -0.3 is 14.6 Å². The maximum absolute atomic E-state index is 12.1. The zero-order valence-electron chi connectivity index (χ0n) is 10.9. The van der Waals surface area contributed by atoms with E-state index in [1.807, 2.05) is 0 Å². The molecule has 1 aliphatic rings. The zero-order chi connectivity index (χ0) is 13.3. The number of hydrogen-bond acceptors (Lipinski definition) is 3. The van der Waals surface area contributed by atoms with Crippen molar-refractivity contribution in [1.29, 1.82) is 0 Å². The Morgan fingerprint density at radius 2 is 2.11 bits per heavy atom. The molecule has 0 radical (unpaired) electrons. The van der Waals surface area contributed by atoms with E-state index < -0.39 is 0 Å². The van der Waals surface area contributed by atoms with Crippen molar-refractivity contribution in [3.05, 3.63) is 23.2 Å². The van der Waals surface area contributed by atoms with Gasteiger partial charge in [0.15, 0.2) is 0 Å². The molecule has 1 saturated carbocycles. The molecule has 5 heteroatoms. The Morgan fingerprint density at radius 1 is 1.44 bits per heavy atom. The lowest BCUT2D eigenvalue weighted by Crippen LogP contribution is -2.39. The highest BCUT2D eigenvalue weighted by Crippen LogP contribution is 2.18. The van der Waals surface area contributed by atoms with E-state index in [-0.39, 0.29) is 18.4 Å². The Hall–Kier alpha value is -1.78. The molecule has 1 fully saturated rings. The minimum absolute atomic E-state index is 0.0823. The molecule has 0 atom stereocenters. The summed E-state index contributed by atoms with van der Waals surface area (Å²) in [6, 6.07) is 2.02. The zero-order valence-corrected chi connectivity index (χ0v) is 10.9. The lowest BCUT2D eigenvalue weighted by molar-refractivity contribution is -0.121. The quantitative estimate of drug-likeness (QED) is 0.874. The molecule has 1 aliphatic carbocycles. The lowest BCUT2D eigenvalue weighted by atomic mass is 10.2. The minimum atomic E-state index is -0.185. The summed E-state index contributed by atoms with van der Waals surface area (Å²) in [6.45, 7) is 3.63. The lowest BCUT2D eigenvalue weighted by Gasteiger charge is -2.16. The average Bonchev–Trinajstić information content (AvgIpc) is 3.01. The standard InChI is InChI=1S/C13H18N2O3/c1-8-6-11(9(2)18-8)13(17)15(3)7-12(16)14-10-4-5-10/h6,10H,4-5,7H2,1-3H3,(H,14,16). The topological polar surface area (TPSA) is 62.6 Å². The van der Waals surface area contributed by atoms with Gasteiger partial charge in [0.25, 0.3) is 5.91 Å². The molecule has 98 valence electrons. The summed E-state index contributed by atoms with van der Waals surface area (Å²) < 4.78 is 5.32. The molecule has 0 spiro atoms. The first-order valence-electron chi connectivity index (χ1n) is 6.09. The van der Waals surface area contributed by atoms with Crippen LogP contribution in [0.4, 0.5) is 0 Å². The molecule has 5 nitrogen and oxygen atoms in total.